The minimum absolute atomic E-state index is 0.173. The first kappa shape index (κ1) is 32.8. The predicted molar refractivity (Wildman–Crippen MR) is 135 cm³/mol. The Bertz CT molecular complexity index is 707. The molecule has 31 heavy (non-hydrogen) atoms. The molecule has 4 nitrogen and oxygen atoms in total. The lowest BCUT2D eigenvalue weighted by atomic mass is 10.1. The zero-order valence-electron chi connectivity index (χ0n) is 21.2. The molecule has 0 aliphatic carbocycles. The second-order valence-corrected chi connectivity index (χ2v) is 5.70. The highest BCUT2D eigenvalue weighted by Crippen LogP contribution is 2.09. The van der Waals surface area contributed by atoms with Crippen molar-refractivity contribution in [2.45, 2.75) is 61.9 Å². The fourth-order valence-corrected chi connectivity index (χ4v) is 2.09. The van der Waals surface area contributed by atoms with E-state index in [1.54, 1.807) is 19.1 Å². The second-order valence-electron chi connectivity index (χ2n) is 5.70. The van der Waals surface area contributed by atoms with Crippen LogP contribution in [-0.2, 0) is 16.1 Å². The molecule has 0 aliphatic rings. The Labute approximate surface area is 190 Å². The van der Waals surface area contributed by atoms with Gasteiger partial charge in [0, 0.05) is 19.7 Å². The van der Waals surface area contributed by atoms with E-state index in [0.29, 0.717) is 12.8 Å². The number of aryl methyl sites for hydroxylation is 2. The quantitative estimate of drug-likeness (QED) is 0.388. The van der Waals surface area contributed by atoms with Crippen LogP contribution >= 0.6 is 0 Å². The third kappa shape index (κ3) is 17.7. The van der Waals surface area contributed by atoms with Gasteiger partial charge in [0.1, 0.15) is 12.0 Å². The number of aldehydes is 1. The summed E-state index contributed by atoms with van der Waals surface area (Å²) in [6.07, 6.45) is 3.07. The second kappa shape index (κ2) is 23.4. The number of allylic oxidation sites excluding steroid dienone is 1. The van der Waals surface area contributed by atoms with Gasteiger partial charge in [-0.2, -0.15) is 0 Å². The Morgan fingerprint density at radius 1 is 0.903 bits per heavy atom. The molecule has 0 fully saturated rings. The van der Waals surface area contributed by atoms with Crippen LogP contribution in [0.3, 0.4) is 0 Å². The maximum Gasteiger partial charge on any atom is 0.246 e. The van der Waals surface area contributed by atoms with Crippen LogP contribution in [0, 0.1) is 13.8 Å². The highest BCUT2D eigenvalue weighted by molar-refractivity contribution is 5.90. The molecule has 2 aromatic carbocycles. The van der Waals surface area contributed by atoms with Gasteiger partial charge in [-0.25, -0.2) is 0 Å². The van der Waals surface area contributed by atoms with Crippen LogP contribution in [0.1, 0.15) is 58.2 Å². The average Bonchev–Trinajstić information content (AvgIpc) is 2.82. The van der Waals surface area contributed by atoms with Crippen molar-refractivity contribution in [3.8, 4) is 5.75 Å². The number of ether oxygens (including phenoxy) is 1. The molecule has 4 heteroatoms. The van der Waals surface area contributed by atoms with Crippen LogP contribution in [0.2, 0.25) is 0 Å². The Morgan fingerprint density at radius 3 is 1.90 bits per heavy atom. The Balaban J connectivity index is -0.000000442. The molecule has 0 heterocycles. The lowest BCUT2D eigenvalue weighted by Gasteiger charge is -2.15. The summed E-state index contributed by atoms with van der Waals surface area (Å²) in [6.45, 7) is 16.6. The molecule has 2 rings (SSSR count). The monoisotopic (exact) mass is 429 g/mol. The van der Waals surface area contributed by atoms with Crippen LogP contribution in [-0.4, -0.2) is 31.3 Å². The maximum absolute atomic E-state index is 11.5. The molecule has 2 aromatic rings. The number of methoxy groups -OCH3 is 1. The number of benzene rings is 2. The maximum atomic E-state index is 11.5. The highest BCUT2D eigenvalue weighted by Gasteiger charge is 2.05. The first-order valence-electron chi connectivity index (χ1n) is 11.0. The summed E-state index contributed by atoms with van der Waals surface area (Å²) in [7, 11) is 3.38. The van der Waals surface area contributed by atoms with Gasteiger partial charge in [-0.05, 0) is 37.6 Å². The topological polar surface area (TPSA) is 46.6 Å². The van der Waals surface area contributed by atoms with Crippen molar-refractivity contribution in [1.29, 1.82) is 0 Å². The number of likely N-dealkylation sites (N-methyl/N-ethyl adjacent to an activating group) is 1. The van der Waals surface area contributed by atoms with Crippen LogP contribution in [0.25, 0.3) is 0 Å². The van der Waals surface area contributed by atoms with Crippen molar-refractivity contribution in [3.63, 3.8) is 0 Å². The highest BCUT2D eigenvalue weighted by atomic mass is 16.5. The third-order valence-electron chi connectivity index (χ3n) is 3.45. The summed E-state index contributed by atoms with van der Waals surface area (Å²) in [4.78, 5) is 23.1. The van der Waals surface area contributed by atoms with Crippen molar-refractivity contribution < 1.29 is 14.3 Å². The van der Waals surface area contributed by atoms with Gasteiger partial charge >= 0.3 is 0 Å². The zero-order valence-corrected chi connectivity index (χ0v) is 21.2. The number of amides is 1. The molecule has 0 unspecified atom stereocenters. The van der Waals surface area contributed by atoms with E-state index in [2.05, 4.69) is 6.92 Å². The van der Waals surface area contributed by atoms with E-state index in [-0.39, 0.29) is 5.91 Å². The van der Waals surface area contributed by atoms with Crippen molar-refractivity contribution in [2.75, 3.05) is 14.2 Å². The summed E-state index contributed by atoms with van der Waals surface area (Å²) in [5.74, 6) is 0.745. The van der Waals surface area contributed by atoms with Gasteiger partial charge in [0.15, 0.2) is 0 Å². The van der Waals surface area contributed by atoms with Gasteiger partial charge < -0.3 is 9.64 Å². The molecule has 1 amide bonds. The number of carbonyl (C=O) groups excluding carboxylic acids is 2. The van der Waals surface area contributed by atoms with Crippen LogP contribution in [0.4, 0.5) is 0 Å². The van der Waals surface area contributed by atoms with Crippen molar-refractivity contribution >= 4 is 12.2 Å². The molecule has 0 aromatic heterocycles. The molecule has 0 aliphatic heterocycles. The summed E-state index contributed by atoms with van der Waals surface area (Å²) < 4.78 is 4.97. The average molecular weight is 430 g/mol. The fourth-order valence-electron chi connectivity index (χ4n) is 2.09. The molecular formula is C27H43NO3. The SMILES string of the molecule is CC.CC.CC.COc1ccc(C)cc1.Cc1cccc(CN(C)C(=O)/C=C\C=O)c1. The minimum atomic E-state index is -0.173. The summed E-state index contributed by atoms with van der Waals surface area (Å²) >= 11 is 0. The normalized spacial score (nSPS) is 8.58. The van der Waals surface area contributed by atoms with Crippen LogP contribution < -0.4 is 4.74 Å². The van der Waals surface area contributed by atoms with E-state index in [1.807, 2.05) is 97.0 Å². The molecule has 0 saturated heterocycles. The first-order chi connectivity index (χ1) is 15.0. The number of carbonyl (C=O) groups is 2. The van der Waals surface area contributed by atoms with E-state index >= 15 is 0 Å². The number of hydrogen-bond donors (Lipinski definition) is 0. The lowest BCUT2D eigenvalue weighted by molar-refractivity contribution is -0.125. The van der Waals surface area contributed by atoms with Gasteiger partial charge in [0.2, 0.25) is 5.91 Å². The molecular weight excluding hydrogens is 386 g/mol. The minimum Gasteiger partial charge on any atom is -0.497 e. The smallest absolute Gasteiger partial charge is 0.246 e. The standard InChI is InChI=1S/C13H15NO2.C8H10O.3C2H6/c1-11-5-3-6-12(9-11)10-14(2)13(16)7-4-8-15;1-7-3-5-8(9-2)6-4-7;3*1-2/h3-9H,10H2,1-2H3;3-6H,1-2H3;3*1-2H3/b7-4-;;;;. The van der Waals surface area contributed by atoms with Crippen molar-refractivity contribution in [3.05, 3.63) is 77.4 Å². The zero-order chi connectivity index (χ0) is 24.7. The molecule has 0 radical (unpaired) electrons. The molecule has 0 atom stereocenters. The molecule has 0 spiro atoms. The van der Waals surface area contributed by atoms with E-state index in [9.17, 15) is 9.59 Å². The van der Waals surface area contributed by atoms with Crippen LogP contribution in [0.15, 0.2) is 60.7 Å². The summed E-state index contributed by atoms with van der Waals surface area (Å²) in [5, 5.41) is 0. The van der Waals surface area contributed by atoms with Gasteiger partial charge in [-0.3, -0.25) is 9.59 Å². The first-order valence-corrected chi connectivity index (χ1v) is 11.0. The molecule has 0 saturated carbocycles. The van der Waals surface area contributed by atoms with E-state index in [0.717, 1.165) is 11.3 Å². The Kier molecular flexibility index (Phi) is 24.7. The van der Waals surface area contributed by atoms with Gasteiger partial charge in [0.05, 0.1) is 7.11 Å². The number of hydrogen-bond acceptors (Lipinski definition) is 3. The summed E-state index contributed by atoms with van der Waals surface area (Å²) in [5.41, 5.74) is 3.51. The van der Waals surface area contributed by atoms with Gasteiger partial charge in [-0.1, -0.05) is 89.1 Å². The van der Waals surface area contributed by atoms with Crippen LogP contribution in [0.5, 0.6) is 5.75 Å². The third-order valence-corrected chi connectivity index (χ3v) is 3.45. The van der Waals surface area contributed by atoms with Crippen molar-refractivity contribution in [1.82, 2.24) is 4.90 Å². The lowest BCUT2D eigenvalue weighted by Crippen LogP contribution is -2.24. The fraction of sp³-hybridized carbons (Fsp3) is 0.407. The molecule has 174 valence electrons. The van der Waals surface area contributed by atoms with Gasteiger partial charge in [0.25, 0.3) is 0 Å². The Morgan fingerprint density at radius 2 is 1.45 bits per heavy atom. The Hall–Kier alpha value is -2.88. The van der Waals surface area contributed by atoms with Crippen molar-refractivity contribution in [2.24, 2.45) is 0 Å². The molecule has 0 N–H and O–H groups in total. The number of nitrogens with zero attached hydrogens (tertiary/aromatic N) is 1. The van der Waals surface area contributed by atoms with Gasteiger partial charge in [-0.15, -0.1) is 0 Å². The largest absolute Gasteiger partial charge is 0.497 e. The van der Waals surface area contributed by atoms with E-state index in [4.69, 9.17) is 4.74 Å². The predicted octanol–water partition coefficient (Wildman–Crippen LogP) is 6.79. The van der Waals surface area contributed by atoms with E-state index < -0.39 is 0 Å². The number of rotatable bonds is 5. The summed E-state index contributed by atoms with van der Waals surface area (Å²) in [6, 6.07) is 15.9. The van der Waals surface area contributed by atoms with E-state index in [1.165, 1.54) is 23.3 Å². The molecule has 0 bridgehead atoms.